The molecule has 0 saturated heterocycles. The molecule has 43 heavy (non-hydrogen) atoms. The molecule has 1 aliphatic carbocycles. The molecule has 3 aromatic carbocycles. The maximum atomic E-state index is 14.3. The molecule has 0 heterocycles. The quantitative estimate of drug-likeness (QED) is 0.244. The summed E-state index contributed by atoms with van der Waals surface area (Å²) in [6.07, 6.45) is 5.34. The van der Waals surface area contributed by atoms with Crippen LogP contribution in [0, 0.1) is 0 Å². The lowest BCUT2D eigenvalue weighted by molar-refractivity contribution is -0.140. The van der Waals surface area contributed by atoms with Gasteiger partial charge in [0.2, 0.25) is 11.8 Å². The summed E-state index contributed by atoms with van der Waals surface area (Å²) in [4.78, 5) is 29.4. The van der Waals surface area contributed by atoms with Gasteiger partial charge < -0.3 is 15.0 Å². The van der Waals surface area contributed by atoms with E-state index in [9.17, 15) is 18.0 Å². The second-order valence-corrected chi connectivity index (χ2v) is 13.2. The van der Waals surface area contributed by atoms with E-state index in [1.54, 1.807) is 60.7 Å². The number of methoxy groups -OCH3 is 1. The number of hydrogen-bond acceptors (Lipinski definition) is 5. The van der Waals surface area contributed by atoms with Crippen molar-refractivity contribution in [3.8, 4) is 5.75 Å². The normalized spacial score (nSPS) is 14.5. The molecular weight excluding hydrogens is 609 g/mol. The van der Waals surface area contributed by atoms with Crippen molar-refractivity contribution in [2.24, 2.45) is 0 Å². The summed E-state index contributed by atoms with van der Waals surface area (Å²) in [5.74, 6) is -0.370. The molecule has 2 amide bonds. The number of nitrogens with one attached hydrogen (secondary N) is 1. The minimum Gasteiger partial charge on any atom is -0.497 e. The smallest absolute Gasteiger partial charge is 0.264 e. The molecule has 0 unspecified atom stereocenters. The first kappa shape index (κ1) is 32.6. The number of benzene rings is 3. The Bertz CT molecular complexity index is 1510. The van der Waals surface area contributed by atoms with E-state index in [1.807, 2.05) is 6.92 Å². The third kappa shape index (κ3) is 8.22. The van der Waals surface area contributed by atoms with Gasteiger partial charge in [-0.1, -0.05) is 79.7 Å². The van der Waals surface area contributed by atoms with Crippen LogP contribution in [0.2, 0.25) is 10.0 Å². The van der Waals surface area contributed by atoms with Crippen LogP contribution in [0.3, 0.4) is 0 Å². The van der Waals surface area contributed by atoms with Crippen molar-refractivity contribution >= 4 is 50.7 Å². The van der Waals surface area contributed by atoms with Gasteiger partial charge >= 0.3 is 0 Å². The van der Waals surface area contributed by atoms with E-state index in [0.717, 1.165) is 36.4 Å². The lowest BCUT2D eigenvalue weighted by Gasteiger charge is -2.34. The van der Waals surface area contributed by atoms with Gasteiger partial charge in [-0.15, -0.1) is 0 Å². The molecule has 4 rings (SSSR count). The topological polar surface area (TPSA) is 96.0 Å². The van der Waals surface area contributed by atoms with Crippen LogP contribution in [0.5, 0.6) is 5.75 Å². The number of carbonyl (C=O) groups is 2. The Morgan fingerprint density at radius 2 is 1.67 bits per heavy atom. The van der Waals surface area contributed by atoms with Gasteiger partial charge in [-0.05, 0) is 61.2 Å². The number of amides is 2. The molecule has 0 aromatic heterocycles. The molecule has 0 radical (unpaired) electrons. The zero-order chi connectivity index (χ0) is 31.0. The van der Waals surface area contributed by atoms with Gasteiger partial charge in [-0.25, -0.2) is 8.42 Å². The van der Waals surface area contributed by atoms with Crippen LogP contribution in [0.25, 0.3) is 0 Å². The van der Waals surface area contributed by atoms with Crippen LogP contribution in [-0.2, 0) is 26.2 Å². The highest BCUT2D eigenvalue weighted by Gasteiger charge is 2.34. The molecule has 11 heteroatoms. The number of sulfonamides is 1. The Labute approximate surface area is 264 Å². The van der Waals surface area contributed by atoms with E-state index in [4.69, 9.17) is 27.9 Å². The Kier molecular flexibility index (Phi) is 11.3. The van der Waals surface area contributed by atoms with Crippen molar-refractivity contribution in [1.82, 2.24) is 10.2 Å². The summed E-state index contributed by atoms with van der Waals surface area (Å²) in [6, 6.07) is 18.7. The molecular formula is C32H37Cl2N3O5S. The lowest BCUT2D eigenvalue weighted by atomic mass is 9.95. The summed E-state index contributed by atoms with van der Waals surface area (Å²) in [5, 5.41) is 3.82. The predicted molar refractivity (Wildman–Crippen MR) is 170 cm³/mol. The zero-order valence-corrected chi connectivity index (χ0v) is 26.7. The number of ether oxygens (including phenoxy) is 1. The van der Waals surface area contributed by atoms with E-state index < -0.39 is 28.5 Å². The average molecular weight is 647 g/mol. The summed E-state index contributed by atoms with van der Waals surface area (Å²) in [7, 11) is -2.69. The van der Waals surface area contributed by atoms with Gasteiger partial charge in [-0.3, -0.25) is 13.9 Å². The fourth-order valence-corrected chi connectivity index (χ4v) is 7.06. The predicted octanol–water partition coefficient (Wildman–Crippen LogP) is 6.45. The maximum absolute atomic E-state index is 14.3. The highest BCUT2D eigenvalue weighted by molar-refractivity contribution is 7.92. The highest BCUT2D eigenvalue weighted by Crippen LogP contribution is 2.29. The Hall–Kier alpha value is -3.27. The molecule has 3 aromatic rings. The van der Waals surface area contributed by atoms with Crippen molar-refractivity contribution in [3.05, 3.63) is 88.4 Å². The Morgan fingerprint density at radius 1 is 0.953 bits per heavy atom. The Balaban J connectivity index is 1.72. The number of halogens is 2. The third-order valence-electron chi connectivity index (χ3n) is 7.63. The highest BCUT2D eigenvalue weighted by atomic mass is 35.5. The van der Waals surface area contributed by atoms with Crippen LogP contribution < -0.4 is 14.4 Å². The maximum Gasteiger partial charge on any atom is 0.264 e. The molecule has 8 nitrogen and oxygen atoms in total. The van der Waals surface area contributed by atoms with Crippen LogP contribution >= 0.6 is 23.2 Å². The van der Waals surface area contributed by atoms with Gasteiger partial charge in [-0.2, -0.15) is 0 Å². The zero-order valence-electron chi connectivity index (χ0n) is 24.3. The van der Waals surface area contributed by atoms with E-state index in [2.05, 4.69) is 5.32 Å². The number of rotatable bonds is 12. The van der Waals surface area contributed by atoms with Crippen LogP contribution in [0.1, 0.15) is 51.0 Å². The standard InChI is InChI=1S/C32H37Cl2N3O5S/c1-3-30(32(39)35-24-11-6-4-7-12-24)36(21-23-17-18-28(33)29(34)19-23)31(38)22-37(25-13-10-14-26(20-25)42-2)43(40,41)27-15-8-5-9-16-27/h5,8-10,13-20,24,30H,3-4,6-7,11-12,21-22H2,1-2H3,(H,35,39)/t30-/m0/s1. The molecule has 0 aliphatic heterocycles. The van der Waals surface area contributed by atoms with Crippen molar-refractivity contribution in [3.63, 3.8) is 0 Å². The molecule has 230 valence electrons. The molecule has 1 saturated carbocycles. The van der Waals surface area contributed by atoms with Crippen molar-refractivity contribution in [2.45, 2.75) is 69.0 Å². The number of carbonyl (C=O) groups excluding carboxylic acids is 2. The minimum atomic E-state index is -4.18. The Morgan fingerprint density at radius 3 is 2.33 bits per heavy atom. The van der Waals surface area contributed by atoms with Gasteiger partial charge in [0.25, 0.3) is 10.0 Å². The van der Waals surface area contributed by atoms with Gasteiger partial charge in [0.05, 0.1) is 27.7 Å². The first-order valence-electron chi connectivity index (χ1n) is 14.4. The van der Waals surface area contributed by atoms with Crippen LogP contribution in [-0.4, -0.2) is 50.9 Å². The number of anilines is 1. The first-order chi connectivity index (χ1) is 20.6. The number of hydrogen-bond donors (Lipinski definition) is 1. The summed E-state index contributed by atoms with van der Waals surface area (Å²) >= 11 is 12.4. The van der Waals surface area contributed by atoms with Crippen molar-refractivity contribution in [2.75, 3.05) is 18.0 Å². The largest absolute Gasteiger partial charge is 0.497 e. The van der Waals surface area contributed by atoms with Gasteiger partial charge in [0.15, 0.2) is 0 Å². The van der Waals surface area contributed by atoms with E-state index in [1.165, 1.54) is 24.1 Å². The molecule has 0 spiro atoms. The molecule has 1 aliphatic rings. The second-order valence-electron chi connectivity index (χ2n) is 10.6. The SMILES string of the molecule is CC[C@@H](C(=O)NC1CCCCC1)N(Cc1ccc(Cl)c(Cl)c1)C(=O)CN(c1cccc(OC)c1)S(=O)(=O)c1ccccc1. The van der Waals surface area contributed by atoms with E-state index in [0.29, 0.717) is 27.8 Å². The average Bonchev–Trinajstić information content (AvgIpc) is 3.02. The van der Waals surface area contributed by atoms with Gasteiger partial charge in [0, 0.05) is 18.7 Å². The fraction of sp³-hybridized carbons (Fsp3) is 0.375. The monoisotopic (exact) mass is 645 g/mol. The van der Waals surface area contributed by atoms with Crippen molar-refractivity contribution in [1.29, 1.82) is 0 Å². The lowest BCUT2D eigenvalue weighted by Crippen LogP contribution is -2.54. The molecule has 1 atom stereocenters. The van der Waals surface area contributed by atoms with E-state index >= 15 is 0 Å². The summed E-state index contributed by atoms with van der Waals surface area (Å²) in [5.41, 5.74) is 0.913. The van der Waals surface area contributed by atoms with Gasteiger partial charge in [0.1, 0.15) is 18.3 Å². The first-order valence-corrected chi connectivity index (χ1v) is 16.6. The molecule has 1 N–H and O–H groups in total. The second kappa shape index (κ2) is 14.9. The minimum absolute atomic E-state index is 0.0312. The van der Waals surface area contributed by atoms with Crippen LogP contribution in [0.15, 0.2) is 77.7 Å². The summed E-state index contributed by atoms with van der Waals surface area (Å²) < 4.78 is 34.3. The van der Waals surface area contributed by atoms with E-state index in [-0.39, 0.29) is 29.1 Å². The molecule has 1 fully saturated rings. The number of nitrogens with zero attached hydrogens (tertiary/aromatic N) is 2. The third-order valence-corrected chi connectivity index (χ3v) is 10.2. The summed E-state index contributed by atoms with van der Waals surface area (Å²) in [6.45, 7) is 1.32. The van der Waals surface area contributed by atoms with Crippen LogP contribution in [0.4, 0.5) is 5.69 Å². The van der Waals surface area contributed by atoms with Crippen molar-refractivity contribution < 1.29 is 22.7 Å². The fourth-order valence-electron chi connectivity index (χ4n) is 5.31. The molecule has 0 bridgehead atoms.